The van der Waals surface area contributed by atoms with Crippen LogP contribution in [0.2, 0.25) is 0 Å². The second-order valence-corrected chi connectivity index (χ2v) is 10.2. The third kappa shape index (κ3) is 4.70. The number of rotatable bonds is 6. The average Bonchev–Trinajstić information content (AvgIpc) is 3.30. The van der Waals surface area contributed by atoms with Gasteiger partial charge in [0.05, 0.1) is 35.9 Å². The van der Waals surface area contributed by atoms with Gasteiger partial charge in [0, 0.05) is 31.2 Å². The summed E-state index contributed by atoms with van der Waals surface area (Å²) >= 11 is 0. The minimum absolute atomic E-state index is 0.0224. The third-order valence-electron chi connectivity index (χ3n) is 8.08. The van der Waals surface area contributed by atoms with E-state index in [0.717, 1.165) is 72.2 Å². The number of methoxy groups -OCH3 is 2. The van der Waals surface area contributed by atoms with Gasteiger partial charge in [0.25, 0.3) is 0 Å². The molecular weight excluding hydrogens is 470 g/mol. The number of imidazole rings is 1. The van der Waals surface area contributed by atoms with Crippen molar-refractivity contribution < 1.29 is 24.2 Å². The summed E-state index contributed by atoms with van der Waals surface area (Å²) in [6.07, 6.45) is 5.60. The van der Waals surface area contributed by atoms with Gasteiger partial charge in [0.2, 0.25) is 0 Å². The zero-order valence-corrected chi connectivity index (χ0v) is 21.7. The lowest BCUT2D eigenvalue weighted by atomic mass is 9.91. The number of hydrogen-bond donors (Lipinski definition) is 1. The molecule has 196 valence electrons. The van der Waals surface area contributed by atoms with Gasteiger partial charge in [-0.05, 0) is 63.1 Å². The fraction of sp³-hybridized carbons (Fsp3) is 0.483. The molecule has 1 N–H and O–H groups in total. The van der Waals surface area contributed by atoms with Gasteiger partial charge in [-0.25, -0.2) is 9.78 Å². The van der Waals surface area contributed by atoms with Gasteiger partial charge in [0.1, 0.15) is 5.82 Å². The first-order valence-corrected chi connectivity index (χ1v) is 13.1. The molecule has 1 saturated carbocycles. The van der Waals surface area contributed by atoms with Crippen molar-refractivity contribution in [3.05, 3.63) is 59.4 Å². The topological polar surface area (TPSA) is 93.9 Å². The van der Waals surface area contributed by atoms with Gasteiger partial charge >= 0.3 is 12.1 Å². The number of aromatic nitrogens is 2. The van der Waals surface area contributed by atoms with E-state index < -0.39 is 11.9 Å². The van der Waals surface area contributed by atoms with E-state index in [0.29, 0.717) is 0 Å². The zero-order valence-electron chi connectivity index (χ0n) is 21.7. The highest BCUT2D eigenvalue weighted by Crippen LogP contribution is 2.40. The van der Waals surface area contributed by atoms with Gasteiger partial charge in [-0.1, -0.05) is 30.3 Å². The largest absolute Gasteiger partial charge is 0.481 e. The van der Waals surface area contributed by atoms with Crippen molar-refractivity contribution in [1.82, 2.24) is 9.55 Å². The van der Waals surface area contributed by atoms with Crippen LogP contribution in [0.3, 0.4) is 0 Å². The highest BCUT2D eigenvalue weighted by molar-refractivity contribution is 5.95. The van der Waals surface area contributed by atoms with Crippen molar-refractivity contribution in [1.29, 1.82) is 0 Å². The molecule has 1 amide bonds. The third-order valence-corrected chi connectivity index (χ3v) is 8.08. The fourth-order valence-electron chi connectivity index (χ4n) is 6.16. The number of anilines is 1. The predicted molar refractivity (Wildman–Crippen MR) is 141 cm³/mol. The molecule has 5 rings (SSSR count). The fourth-order valence-corrected chi connectivity index (χ4v) is 6.16. The van der Waals surface area contributed by atoms with Crippen molar-refractivity contribution in [2.45, 2.75) is 76.0 Å². The molecule has 37 heavy (non-hydrogen) atoms. The Morgan fingerprint density at radius 1 is 1.11 bits per heavy atom. The Balaban J connectivity index is 1.66. The number of aliphatic carboxylic acids is 1. The Bertz CT molecular complexity index is 1290. The molecule has 2 heterocycles. The lowest BCUT2D eigenvalue weighted by Gasteiger charge is -2.34. The van der Waals surface area contributed by atoms with Crippen LogP contribution < -0.4 is 4.90 Å². The Kier molecular flexibility index (Phi) is 7.20. The van der Waals surface area contributed by atoms with Gasteiger partial charge in [-0.2, -0.15) is 0 Å². The standard InChI is InChI=1S/C29H35N3O5/c1-18-12-13-22-24(31(18)29(35)37-3)14-15-25-27(22)30-26(32(25)20-10-7-11-21(16-20)36-2)17-23(28(33)34)19-8-5-4-6-9-19/h4-6,8-9,14-15,18,20-21,23H,7,10-13,16-17H2,1-3H3,(H,33,34)/t18?,20-,21+,23?/m1/s1. The summed E-state index contributed by atoms with van der Waals surface area (Å²) in [4.78, 5) is 31.9. The summed E-state index contributed by atoms with van der Waals surface area (Å²) in [7, 11) is 3.16. The first-order chi connectivity index (χ1) is 17.9. The van der Waals surface area contributed by atoms with E-state index in [1.54, 1.807) is 12.0 Å². The van der Waals surface area contributed by atoms with Crippen LogP contribution in [0.1, 0.15) is 67.9 Å². The van der Waals surface area contributed by atoms with E-state index in [1.165, 1.54) is 7.11 Å². The number of carbonyl (C=O) groups excluding carboxylic acids is 1. The predicted octanol–water partition coefficient (Wildman–Crippen LogP) is 5.48. The van der Waals surface area contributed by atoms with Gasteiger partial charge in [-0.15, -0.1) is 0 Å². The van der Waals surface area contributed by atoms with Crippen molar-refractivity contribution in [2.24, 2.45) is 0 Å². The molecule has 0 saturated heterocycles. The number of aryl methyl sites for hydroxylation is 1. The molecular formula is C29H35N3O5. The molecule has 1 aliphatic heterocycles. The molecule has 8 heteroatoms. The monoisotopic (exact) mass is 505 g/mol. The van der Waals surface area contributed by atoms with E-state index in [-0.39, 0.29) is 30.7 Å². The number of benzene rings is 2. The first-order valence-electron chi connectivity index (χ1n) is 13.1. The molecule has 1 aromatic heterocycles. The number of carboxylic acid groups (broad SMARTS) is 1. The normalized spacial score (nSPS) is 22.5. The number of hydrogen-bond acceptors (Lipinski definition) is 5. The minimum atomic E-state index is -0.865. The summed E-state index contributed by atoms with van der Waals surface area (Å²) in [6.45, 7) is 2.03. The quantitative estimate of drug-likeness (QED) is 0.476. The van der Waals surface area contributed by atoms with E-state index in [1.807, 2.05) is 49.4 Å². The number of carboxylic acids is 1. The number of fused-ring (bicyclic) bond motifs is 3. The molecule has 0 spiro atoms. The van der Waals surface area contributed by atoms with E-state index in [4.69, 9.17) is 14.5 Å². The summed E-state index contributed by atoms with van der Waals surface area (Å²) in [5.74, 6) is -0.804. The van der Waals surface area contributed by atoms with Crippen LogP contribution in [0.25, 0.3) is 11.0 Å². The van der Waals surface area contributed by atoms with Crippen molar-refractivity contribution in [3.8, 4) is 0 Å². The SMILES string of the molecule is COC(=O)N1c2ccc3c(nc(CC(C(=O)O)c4ccccc4)n3[C@@H]3CCC[C@H](OC)C3)c2CCC1C. The molecule has 8 nitrogen and oxygen atoms in total. The van der Waals surface area contributed by atoms with Crippen LogP contribution in [0.15, 0.2) is 42.5 Å². The zero-order chi connectivity index (χ0) is 26.1. The number of carbonyl (C=O) groups is 2. The number of ether oxygens (including phenoxy) is 2. The van der Waals surface area contributed by atoms with Crippen LogP contribution in [0, 0.1) is 0 Å². The summed E-state index contributed by atoms with van der Waals surface area (Å²) in [5.41, 5.74) is 4.45. The summed E-state index contributed by atoms with van der Waals surface area (Å²) in [6, 6.07) is 13.6. The minimum Gasteiger partial charge on any atom is -0.481 e. The number of amides is 1. The van der Waals surface area contributed by atoms with Gasteiger partial charge in [-0.3, -0.25) is 9.69 Å². The van der Waals surface area contributed by atoms with E-state index >= 15 is 0 Å². The number of nitrogens with zero attached hydrogens (tertiary/aromatic N) is 3. The van der Waals surface area contributed by atoms with Crippen molar-refractivity contribution in [2.75, 3.05) is 19.1 Å². The molecule has 3 aromatic rings. The van der Waals surface area contributed by atoms with Crippen molar-refractivity contribution in [3.63, 3.8) is 0 Å². The molecule has 2 aromatic carbocycles. The highest BCUT2D eigenvalue weighted by atomic mass is 16.5. The summed E-state index contributed by atoms with van der Waals surface area (Å²) < 4.78 is 13.1. The van der Waals surface area contributed by atoms with Gasteiger partial charge in [0.15, 0.2) is 0 Å². The van der Waals surface area contributed by atoms with Crippen LogP contribution in [0.4, 0.5) is 10.5 Å². The highest BCUT2D eigenvalue weighted by Gasteiger charge is 2.34. The van der Waals surface area contributed by atoms with Crippen molar-refractivity contribution >= 4 is 28.8 Å². The summed E-state index contributed by atoms with van der Waals surface area (Å²) in [5, 5.41) is 10.2. The molecule has 2 unspecified atom stereocenters. The van der Waals surface area contributed by atoms with Crippen LogP contribution in [-0.4, -0.2) is 53.1 Å². The van der Waals surface area contributed by atoms with E-state index in [9.17, 15) is 14.7 Å². The Morgan fingerprint density at radius 2 is 1.89 bits per heavy atom. The maximum absolute atomic E-state index is 12.6. The second kappa shape index (κ2) is 10.5. The van der Waals surface area contributed by atoms with Crippen LogP contribution in [0.5, 0.6) is 0 Å². The molecule has 1 fully saturated rings. The lowest BCUT2D eigenvalue weighted by molar-refractivity contribution is -0.138. The average molecular weight is 506 g/mol. The molecule has 1 aliphatic carbocycles. The maximum Gasteiger partial charge on any atom is 0.414 e. The Labute approximate surface area is 217 Å². The Hall–Kier alpha value is -3.39. The molecule has 2 aliphatic rings. The molecule has 0 radical (unpaired) electrons. The molecule has 4 atom stereocenters. The Morgan fingerprint density at radius 3 is 2.59 bits per heavy atom. The molecule has 0 bridgehead atoms. The maximum atomic E-state index is 12.6. The first kappa shape index (κ1) is 25.3. The second-order valence-electron chi connectivity index (χ2n) is 10.2. The van der Waals surface area contributed by atoms with E-state index in [2.05, 4.69) is 4.57 Å². The van der Waals surface area contributed by atoms with Gasteiger partial charge < -0.3 is 19.1 Å². The smallest absolute Gasteiger partial charge is 0.414 e. The van der Waals surface area contributed by atoms with Crippen LogP contribution >= 0.6 is 0 Å². The lowest BCUT2D eigenvalue weighted by Crippen LogP contribution is -2.42. The van der Waals surface area contributed by atoms with Crippen LogP contribution in [-0.2, 0) is 27.1 Å².